The molecule has 2 heterocycles. The third kappa shape index (κ3) is 3.75. The summed E-state index contributed by atoms with van der Waals surface area (Å²) < 4.78 is 0. The van der Waals surface area contributed by atoms with Crippen LogP contribution in [0, 0.1) is 6.92 Å². The fraction of sp³-hybridized carbons (Fsp3) is 0.429. The van der Waals surface area contributed by atoms with Gasteiger partial charge in [-0.1, -0.05) is 20.8 Å². The fourth-order valence-corrected chi connectivity index (χ4v) is 2.63. The van der Waals surface area contributed by atoms with Crippen LogP contribution in [0.3, 0.4) is 0 Å². The van der Waals surface area contributed by atoms with Gasteiger partial charge in [0.05, 0.1) is 24.1 Å². The van der Waals surface area contributed by atoms with Crippen LogP contribution >= 0.6 is 11.3 Å². The number of carbonyl (C=O) groups excluding carboxylic acids is 1. The number of carbonyl (C=O) groups is 1. The molecule has 0 aliphatic heterocycles. The Morgan fingerprint density at radius 1 is 1.43 bits per heavy atom. The van der Waals surface area contributed by atoms with Gasteiger partial charge in [0.15, 0.2) is 5.13 Å². The first-order valence-corrected chi connectivity index (χ1v) is 7.44. The van der Waals surface area contributed by atoms with Gasteiger partial charge in [0.1, 0.15) is 0 Å². The molecule has 2 aromatic heterocycles. The van der Waals surface area contributed by atoms with E-state index < -0.39 is 0 Å². The molecule has 0 saturated heterocycles. The molecule has 0 aliphatic rings. The van der Waals surface area contributed by atoms with Crippen molar-refractivity contribution in [3.05, 3.63) is 39.0 Å². The van der Waals surface area contributed by atoms with Gasteiger partial charge in [-0.15, -0.1) is 11.3 Å². The highest BCUT2D eigenvalue weighted by molar-refractivity contribution is 7.13. The second-order valence-corrected chi connectivity index (χ2v) is 6.67. The molecule has 0 fully saturated rings. The number of rotatable bonds is 3. The van der Waals surface area contributed by atoms with E-state index in [1.807, 2.05) is 5.38 Å². The van der Waals surface area contributed by atoms with Crippen LogP contribution in [0.15, 0.2) is 16.5 Å². The molecule has 112 valence electrons. The second-order valence-electron chi connectivity index (χ2n) is 5.82. The largest absolute Gasteiger partial charge is 0.313 e. The lowest BCUT2D eigenvalue weighted by Crippen LogP contribution is -2.20. The summed E-state index contributed by atoms with van der Waals surface area (Å²) in [6.45, 7) is 7.85. The maximum Gasteiger partial charge on any atom is 0.253 e. The number of aromatic nitrogens is 3. The Morgan fingerprint density at radius 2 is 2.14 bits per heavy atom. The molecule has 0 bridgehead atoms. The molecule has 0 aliphatic carbocycles. The van der Waals surface area contributed by atoms with Gasteiger partial charge in [-0.05, 0) is 6.92 Å². The average Bonchev–Trinajstić information content (AvgIpc) is 2.83. The first kappa shape index (κ1) is 15.4. The van der Waals surface area contributed by atoms with Crippen LogP contribution < -0.4 is 10.9 Å². The predicted octanol–water partition coefficient (Wildman–Crippen LogP) is 2.01. The highest BCUT2D eigenvalue weighted by atomic mass is 32.1. The maximum absolute atomic E-state index is 12.0. The summed E-state index contributed by atoms with van der Waals surface area (Å²) in [6, 6.07) is 0. The van der Waals surface area contributed by atoms with Crippen molar-refractivity contribution in [2.75, 3.05) is 5.32 Å². The van der Waals surface area contributed by atoms with E-state index in [-0.39, 0.29) is 23.3 Å². The van der Waals surface area contributed by atoms with Crippen molar-refractivity contribution in [2.24, 2.45) is 0 Å². The Balaban J connectivity index is 2.07. The van der Waals surface area contributed by atoms with E-state index in [1.54, 1.807) is 6.92 Å². The summed E-state index contributed by atoms with van der Waals surface area (Å²) in [7, 11) is 0. The number of nitrogens with one attached hydrogen (secondary N) is 2. The van der Waals surface area contributed by atoms with Crippen LogP contribution in [0.4, 0.5) is 5.13 Å². The Bertz CT molecular complexity index is 712. The first-order chi connectivity index (χ1) is 9.77. The smallest absolute Gasteiger partial charge is 0.253 e. The van der Waals surface area contributed by atoms with Crippen molar-refractivity contribution in [2.45, 2.75) is 39.5 Å². The molecule has 2 N–H and O–H groups in total. The van der Waals surface area contributed by atoms with Crippen molar-refractivity contribution in [1.29, 1.82) is 0 Å². The maximum atomic E-state index is 12.0. The van der Waals surface area contributed by atoms with E-state index in [9.17, 15) is 9.59 Å². The highest BCUT2D eigenvalue weighted by Crippen LogP contribution is 2.26. The highest BCUT2D eigenvalue weighted by Gasteiger charge is 2.18. The lowest BCUT2D eigenvalue weighted by atomic mass is 9.93. The van der Waals surface area contributed by atoms with Crippen molar-refractivity contribution >= 4 is 22.4 Å². The number of hydrogen-bond acceptors (Lipinski definition) is 5. The molecule has 6 nitrogen and oxygen atoms in total. The van der Waals surface area contributed by atoms with Gasteiger partial charge in [0.25, 0.3) is 5.56 Å². The summed E-state index contributed by atoms with van der Waals surface area (Å²) in [4.78, 5) is 34.4. The van der Waals surface area contributed by atoms with E-state index in [0.29, 0.717) is 16.4 Å². The number of anilines is 1. The molecule has 21 heavy (non-hydrogen) atoms. The Hall–Kier alpha value is -2.02. The van der Waals surface area contributed by atoms with Crippen LogP contribution in [0.2, 0.25) is 0 Å². The normalized spacial score (nSPS) is 11.4. The van der Waals surface area contributed by atoms with Crippen molar-refractivity contribution in [3.63, 3.8) is 0 Å². The third-order valence-electron chi connectivity index (χ3n) is 3.04. The molecule has 0 radical (unpaired) electrons. The summed E-state index contributed by atoms with van der Waals surface area (Å²) in [5.74, 6) is -0.231. The topological polar surface area (TPSA) is 87.7 Å². The fourth-order valence-electron chi connectivity index (χ4n) is 1.67. The zero-order valence-corrected chi connectivity index (χ0v) is 13.3. The molecule has 1 amide bonds. The predicted molar refractivity (Wildman–Crippen MR) is 82.7 cm³/mol. The first-order valence-electron chi connectivity index (χ1n) is 6.56. The van der Waals surface area contributed by atoms with Gasteiger partial charge in [0.2, 0.25) is 5.91 Å². The molecular formula is C14H18N4O2S. The number of H-pyrrole nitrogens is 1. The SMILES string of the molecule is Cc1c(CC(=O)Nc2nc(C(C)(C)C)cs2)nc[nH]c1=O. The van der Waals surface area contributed by atoms with Gasteiger partial charge in [-0.2, -0.15) is 0 Å². The van der Waals surface area contributed by atoms with E-state index >= 15 is 0 Å². The summed E-state index contributed by atoms with van der Waals surface area (Å²) in [5, 5.41) is 5.25. The third-order valence-corrected chi connectivity index (χ3v) is 3.79. The molecule has 0 aromatic carbocycles. The number of thiazole rings is 1. The minimum absolute atomic E-state index is 0.0512. The standard InChI is InChI=1S/C14H18N4O2S/c1-8-9(15-7-16-12(8)20)5-11(19)18-13-17-10(6-21-13)14(2,3)4/h6-7H,5H2,1-4H3,(H,15,16,20)(H,17,18,19). The molecule has 0 atom stereocenters. The molecule has 2 aromatic rings. The summed E-state index contributed by atoms with van der Waals surface area (Å²) in [6.07, 6.45) is 1.36. The number of amides is 1. The minimum atomic E-state index is -0.231. The van der Waals surface area contributed by atoms with E-state index in [1.165, 1.54) is 17.7 Å². The van der Waals surface area contributed by atoms with Crippen molar-refractivity contribution in [1.82, 2.24) is 15.0 Å². The van der Waals surface area contributed by atoms with Crippen molar-refractivity contribution in [3.8, 4) is 0 Å². The second kappa shape index (κ2) is 5.77. The molecule has 0 spiro atoms. The Labute approximate surface area is 126 Å². The van der Waals surface area contributed by atoms with Crippen LogP contribution in [0.5, 0.6) is 0 Å². The lowest BCUT2D eigenvalue weighted by molar-refractivity contribution is -0.115. The molecule has 7 heteroatoms. The Kier molecular flexibility index (Phi) is 4.22. The van der Waals surface area contributed by atoms with Gasteiger partial charge >= 0.3 is 0 Å². The van der Waals surface area contributed by atoms with Gasteiger partial charge in [-0.3, -0.25) is 9.59 Å². The van der Waals surface area contributed by atoms with Crippen LogP contribution in [-0.4, -0.2) is 20.9 Å². The summed E-state index contributed by atoms with van der Waals surface area (Å²) >= 11 is 1.39. The zero-order chi connectivity index (χ0) is 15.6. The zero-order valence-electron chi connectivity index (χ0n) is 12.5. The van der Waals surface area contributed by atoms with Crippen LogP contribution in [0.25, 0.3) is 0 Å². The summed E-state index contributed by atoms with van der Waals surface area (Å²) in [5.41, 5.74) is 1.60. The molecular weight excluding hydrogens is 288 g/mol. The van der Waals surface area contributed by atoms with Crippen LogP contribution in [0.1, 0.15) is 37.7 Å². The molecule has 2 rings (SSSR count). The van der Waals surface area contributed by atoms with Gasteiger partial charge in [-0.25, -0.2) is 9.97 Å². The van der Waals surface area contributed by atoms with E-state index in [0.717, 1.165) is 5.69 Å². The monoisotopic (exact) mass is 306 g/mol. The number of hydrogen-bond donors (Lipinski definition) is 2. The Morgan fingerprint density at radius 3 is 2.76 bits per heavy atom. The van der Waals surface area contributed by atoms with E-state index in [4.69, 9.17) is 0 Å². The number of aromatic amines is 1. The lowest BCUT2D eigenvalue weighted by Gasteiger charge is -2.14. The van der Waals surface area contributed by atoms with E-state index in [2.05, 4.69) is 41.0 Å². The number of nitrogens with zero attached hydrogens (tertiary/aromatic N) is 2. The minimum Gasteiger partial charge on any atom is -0.313 e. The molecule has 0 unspecified atom stereocenters. The van der Waals surface area contributed by atoms with Crippen molar-refractivity contribution < 1.29 is 4.79 Å². The van der Waals surface area contributed by atoms with Gasteiger partial charge in [0, 0.05) is 16.4 Å². The average molecular weight is 306 g/mol. The van der Waals surface area contributed by atoms with Gasteiger partial charge < -0.3 is 10.3 Å². The quantitative estimate of drug-likeness (QED) is 0.908. The molecule has 0 saturated carbocycles. The van der Waals surface area contributed by atoms with Crippen LogP contribution in [-0.2, 0) is 16.6 Å².